The lowest BCUT2D eigenvalue weighted by atomic mass is 9.95. The van der Waals surface area contributed by atoms with Gasteiger partial charge in [0.2, 0.25) is 5.91 Å². The van der Waals surface area contributed by atoms with Crippen LogP contribution in [-0.2, 0) is 20.4 Å². The Morgan fingerprint density at radius 3 is 2.55 bits per heavy atom. The number of amides is 1. The van der Waals surface area contributed by atoms with E-state index in [-0.39, 0.29) is 77.5 Å². The van der Waals surface area contributed by atoms with E-state index in [9.17, 15) is 27.2 Å². The highest BCUT2D eigenvalue weighted by Gasteiger charge is 2.40. The predicted molar refractivity (Wildman–Crippen MR) is 152 cm³/mol. The Labute approximate surface area is 243 Å². The number of hydrogen-bond donors (Lipinski definition) is 0. The first-order valence-corrected chi connectivity index (χ1v) is 14.3. The highest BCUT2D eigenvalue weighted by molar-refractivity contribution is 7.99. The van der Waals surface area contributed by atoms with Crippen LogP contribution in [0.3, 0.4) is 0 Å². The van der Waals surface area contributed by atoms with E-state index in [1.54, 1.807) is 9.80 Å². The summed E-state index contributed by atoms with van der Waals surface area (Å²) in [5.41, 5.74) is -1.17. The molecule has 3 aromatic rings. The molecule has 1 saturated heterocycles. The van der Waals surface area contributed by atoms with Gasteiger partial charge in [0.05, 0.1) is 23.7 Å². The molecule has 0 bridgehead atoms. The molecule has 224 valence electrons. The van der Waals surface area contributed by atoms with Gasteiger partial charge in [-0.25, -0.2) is 9.18 Å². The molecule has 2 aromatic carbocycles. The Bertz CT molecular complexity index is 1580. The molecule has 0 unspecified atom stereocenters. The van der Waals surface area contributed by atoms with Crippen LogP contribution in [0.2, 0.25) is 0 Å². The standard InChI is InChI=1S/C29H30F4N4O4S/c1-5-23(38)35-11-17(3)36(12-16(35)2)27-21-10-22(29(31,32)33)24(18-6-8-19(30)9-7-18)26-25(21)37(28(39)34-27)20(14-42-26)13-41-15-40-4/h5-10,16-17,20H,1,11-15H2,2-4H3/t16-,17+,20+/m1/s1. The summed E-state index contributed by atoms with van der Waals surface area (Å²) in [6, 6.07) is 4.67. The van der Waals surface area contributed by atoms with Gasteiger partial charge >= 0.3 is 11.9 Å². The van der Waals surface area contributed by atoms with E-state index >= 15 is 0 Å². The van der Waals surface area contributed by atoms with Crippen molar-refractivity contribution in [3.8, 4) is 11.1 Å². The molecule has 1 aromatic heterocycles. The SMILES string of the molecule is C=CC(=O)N1C[C@H](C)N(c2nc(=O)n3c4c(c(-c5ccc(F)cc5)c(C(F)(F)F)cc24)SC[C@@H]3COCOC)C[C@H]1C. The predicted octanol–water partition coefficient (Wildman–Crippen LogP) is 5.10. The number of carbonyl (C=O) groups is 1. The number of aromatic nitrogens is 2. The van der Waals surface area contributed by atoms with E-state index in [0.717, 1.165) is 18.2 Å². The van der Waals surface area contributed by atoms with Crippen molar-refractivity contribution in [2.75, 3.05) is 44.3 Å². The van der Waals surface area contributed by atoms with Gasteiger partial charge in [0.1, 0.15) is 18.4 Å². The Balaban J connectivity index is 1.79. The molecule has 3 atom stereocenters. The highest BCUT2D eigenvalue weighted by atomic mass is 32.2. The number of nitrogens with zero attached hydrogens (tertiary/aromatic N) is 4. The third kappa shape index (κ3) is 5.40. The number of ether oxygens (including phenoxy) is 2. The molecule has 0 saturated carbocycles. The summed E-state index contributed by atoms with van der Waals surface area (Å²) >= 11 is 1.19. The van der Waals surface area contributed by atoms with E-state index in [0.29, 0.717) is 5.52 Å². The van der Waals surface area contributed by atoms with Crippen molar-refractivity contribution in [3.05, 3.63) is 64.9 Å². The first-order chi connectivity index (χ1) is 20.0. The fourth-order valence-electron chi connectivity index (χ4n) is 5.67. The van der Waals surface area contributed by atoms with Crippen molar-refractivity contribution in [1.29, 1.82) is 0 Å². The van der Waals surface area contributed by atoms with Gasteiger partial charge in [-0.05, 0) is 43.7 Å². The Morgan fingerprint density at radius 1 is 1.19 bits per heavy atom. The molecule has 0 aliphatic carbocycles. The van der Waals surface area contributed by atoms with E-state index < -0.39 is 29.3 Å². The molecule has 3 heterocycles. The molecule has 0 spiro atoms. The summed E-state index contributed by atoms with van der Waals surface area (Å²) in [6.45, 7) is 7.79. The van der Waals surface area contributed by atoms with E-state index in [1.165, 1.54) is 41.6 Å². The molecule has 0 radical (unpaired) electrons. The van der Waals surface area contributed by atoms with Crippen LogP contribution in [0.4, 0.5) is 23.4 Å². The summed E-state index contributed by atoms with van der Waals surface area (Å²) in [7, 11) is 1.46. The summed E-state index contributed by atoms with van der Waals surface area (Å²) in [5, 5.41) is 0.161. The van der Waals surface area contributed by atoms with Gasteiger partial charge in [0, 0.05) is 53.9 Å². The van der Waals surface area contributed by atoms with Gasteiger partial charge in [-0.15, -0.1) is 11.8 Å². The summed E-state index contributed by atoms with van der Waals surface area (Å²) in [6.07, 6.45) is -3.54. The van der Waals surface area contributed by atoms with Crippen LogP contribution in [0.5, 0.6) is 0 Å². The van der Waals surface area contributed by atoms with Gasteiger partial charge in [-0.3, -0.25) is 9.36 Å². The summed E-state index contributed by atoms with van der Waals surface area (Å²) in [5.74, 6) is -0.464. The van der Waals surface area contributed by atoms with Crippen molar-refractivity contribution in [1.82, 2.24) is 14.5 Å². The van der Waals surface area contributed by atoms with E-state index in [2.05, 4.69) is 11.6 Å². The number of thioether (sulfide) groups is 1. The second-order valence-corrected chi connectivity index (χ2v) is 11.4. The van der Waals surface area contributed by atoms with Crippen molar-refractivity contribution < 1.29 is 31.8 Å². The zero-order chi connectivity index (χ0) is 30.3. The second-order valence-electron chi connectivity index (χ2n) is 10.4. The van der Waals surface area contributed by atoms with Crippen molar-refractivity contribution >= 4 is 34.4 Å². The minimum Gasteiger partial charge on any atom is -0.359 e. The quantitative estimate of drug-likeness (QED) is 0.160. The van der Waals surface area contributed by atoms with Crippen LogP contribution in [0.25, 0.3) is 22.0 Å². The third-order valence-corrected chi connectivity index (χ3v) is 8.83. The third-order valence-electron chi connectivity index (χ3n) is 7.60. The maximum absolute atomic E-state index is 14.8. The molecule has 1 amide bonds. The zero-order valence-electron chi connectivity index (χ0n) is 23.3. The number of benzene rings is 2. The van der Waals surface area contributed by atoms with Gasteiger partial charge in [0.25, 0.3) is 0 Å². The normalized spacial score (nSPS) is 20.7. The number of anilines is 1. The van der Waals surface area contributed by atoms with Crippen LogP contribution < -0.4 is 10.6 Å². The first-order valence-electron chi connectivity index (χ1n) is 13.3. The lowest BCUT2D eigenvalue weighted by molar-refractivity contribution is -0.137. The number of carbonyl (C=O) groups excluding carboxylic acids is 1. The number of methoxy groups -OCH3 is 1. The summed E-state index contributed by atoms with van der Waals surface area (Å²) < 4.78 is 70.0. The smallest absolute Gasteiger partial charge is 0.359 e. The minimum absolute atomic E-state index is 0.0195. The maximum Gasteiger partial charge on any atom is 0.417 e. The average molecular weight is 607 g/mol. The molecule has 2 aliphatic rings. The Morgan fingerprint density at radius 2 is 1.90 bits per heavy atom. The number of rotatable bonds is 7. The lowest BCUT2D eigenvalue weighted by Crippen LogP contribution is -2.58. The van der Waals surface area contributed by atoms with E-state index in [4.69, 9.17) is 9.47 Å². The van der Waals surface area contributed by atoms with Crippen molar-refractivity contribution in [2.45, 2.75) is 43.0 Å². The van der Waals surface area contributed by atoms with Crippen molar-refractivity contribution in [3.63, 3.8) is 0 Å². The Kier molecular flexibility index (Phi) is 8.37. The topological polar surface area (TPSA) is 76.9 Å². The molecule has 42 heavy (non-hydrogen) atoms. The molecule has 2 aliphatic heterocycles. The largest absolute Gasteiger partial charge is 0.417 e. The monoisotopic (exact) mass is 606 g/mol. The molecule has 1 fully saturated rings. The fraction of sp³-hybridized carbons (Fsp3) is 0.414. The number of hydrogen-bond acceptors (Lipinski definition) is 7. The highest BCUT2D eigenvalue weighted by Crippen LogP contribution is 2.50. The molecule has 5 rings (SSSR count). The lowest BCUT2D eigenvalue weighted by Gasteiger charge is -2.45. The van der Waals surface area contributed by atoms with Crippen LogP contribution >= 0.6 is 11.8 Å². The van der Waals surface area contributed by atoms with Crippen LogP contribution in [0, 0.1) is 5.82 Å². The number of halogens is 4. The molecule has 8 nitrogen and oxygen atoms in total. The molecular weight excluding hydrogens is 576 g/mol. The van der Waals surface area contributed by atoms with Crippen LogP contribution in [-0.4, -0.2) is 71.8 Å². The van der Waals surface area contributed by atoms with Gasteiger partial charge < -0.3 is 19.3 Å². The zero-order valence-corrected chi connectivity index (χ0v) is 24.1. The molecule has 13 heteroatoms. The van der Waals surface area contributed by atoms with Gasteiger partial charge in [-0.1, -0.05) is 18.7 Å². The van der Waals surface area contributed by atoms with E-state index in [1.807, 2.05) is 13.8 Å². The van der Waals surface area contributed by atoms with Crippen molar-refractivity contribution in [2.24, 2.45) is 0 Å². The molecular formula is C29H30F4N4O4S. The second kappa shape index (κ2) is 11.7. The Hall–Kier alpha value is -3.42. The minimum atomic E-state index is -4.76. The number of alkyl halides is 3. The van der Waals surface area contributed by atoms with Gasteiger partial charge in [0.15, 0.2) is 0 Å². The first kappa shape index (κ1) is 30.1. The summed E-state index contributed by atoms with van der Waals surface area (Å²) in [4.78, 5) is 34.2. The van der Waals surface area contributed by atoms with Crippen LogP contribution in [0.1, 0.15) is 25.5 Å². The van der Waals surface area contributed by atoms with Gasteiger partial charge in [-0.2, -0.15) is 18.2 Å². The molecule has 0 N–H and O–H groups in total. The fourth-order valence-corrected chi connectivity index (χ4v) is 6.99. The average Bonchev–Trinajstić information content (AvgIpc) is 2.95. The van der Waals surface area contributed by atoms with Crippen LogP contribution in [0.15, 0.2) is 52.7 Å². The maximum atomic E-state index is 14.8. The number of piperazine rings is 1.